The maximum atomic E-state index is 8.99. The Morgan fingerprint density at radius 3 is 2.56 bits per heavy atom. The van der Waals surface area contributed by atoms with Crippen molar-refractivity contribution in [2.45, 2.75) is 4.90 Å². The molecule has 0 aliphatic rings. The number of thiol groups is 1. The summed E-state index contributed by atoms with van der Waals surface area (Å²) in [5.41, 5.74) is 0. The molecular weight excluding hydrogens is 200 g/mol. The normalized spacial score (nSPS) is 9.56. The van der Waals surface area contributed by atoms with E-state index in [1.165, 1.54) is 0 Å². The van der Waals surface area contributed by atoms with E-state index in [-0.39, 0.29) is 5.75 Å². The second kappa shape index (κ2) is 2.62. The minimum atomic E-state index is 0.202. The molecule has 0 aromatic heterocycles. The lowest BCUT2D eigenvalue weighted by molar-refractivity contribution is 0.462. The fourth-order valence-electron chi connectivity index (χ4n) is 0.497. The SMILES string of the molecule is Oc1cc(Br)ccc1S. The zero-order chi connectivity index (χ0) is 6.85. The summed E-state index contributed by atoms with van der Waals surface area (Å²) in [5.74, 6) is 0.202. The first-order chi connectivity index (χ1) is 4.20. The Bertz CT molecular complexity index is 224. The Hall–Kier alpha value is -0.150. The summed E-state index contributed by atoms with van der Waals surface area (Å²) < 4.78 is 0.859. The molecule has 0 fully saturated rings. The van der Waals surface area contributed by atoms with E-state index in [1.54, 1.807) is 12.1 Å². The molecular formula is C6H5BrOS. The summed E-state index contributed by atoms with van der Waals surface area (Å²) in [5, 5.41) is 8.99. The van der Waals surface area contributed by atoms with Crippen LogP contribution in [0.4, 0.5) is 0 Å². The molecule has 0 saturated carbocycles. The van der Waals surface area contributed by atoms with Crippen molar-refractivity contribution in [3.63, 3.8) is 0 Å². The molecule has 1 nitrogen and oxygen atoms in total. The molecule has 0 heterocycles. The van der Waals surface area contributed by atoms with Crippen molar-refractivity contribution in [2.24, 2.45) is 0 Å². The van der Waals surface area contributed by atoms with Crippen LogP contribution in [-0.2, 0) is 0 Å². The van der Waals surface area contributed by atoms with Gasteiger partial charge in [0.05, 0.1) is 0 Å². The summed E-state index contributed by atoms with van der Waals surface area (Å²) in [4.78, 5) is 0.596. The first-order valence-electron chi connectivity index (χ1n) is 2.37. The van der Waals surface area contributed by atoms with E-state index in [0.29, 0.717) is 4.90 Å². The Morgan fingerprint density at radius 2 is 2.11 bits per heavy atom. The molecule has 0 amide bonds. The van der Waals surface area contributed by atoms with Crippen LogP contribution in [-0.4, -0.2) is 5.11 Å². The highest BCUT2D eigenvalue weighted by atomic mass is 79.9. The summed E-state index contributed by atoms with van der Waals surface area (Å²) in [6.45, 7) is 0. The average Bonchev–Trinajstić information content (AvgIpc) is 1.80. The van der Waals surface area contributed by atoms with Crippen molar-refractivity contribution >= 4 is 28.6 Å². The number of benzene rings is 1. The number of hydrogen-bond acceptors (Lipinski definition) is 2. The fraction of sp³-hybridized carbons (Fsp3) is 0. The number of rotatable bonds is 0. The number of phenols is 1. The summed E-state index contributed by atoms with van der Waals surface area (Å²) in [6, 6.07) is 5.15. The van der Waals surface area contributed by atoms with Gasteiger partial charge in [-0.25, -0.2) is 0 Å². The van der Waals surface area contributed by atoms with Gasteiger partial charge in [0.25, 0.3) is 0 Å². The van der Waals surface area contributed by atoms with E-state index in [9.17, 15) is 0 Å². The van der Waals surface area contributed by atoms with Crippen LogP contribution in [0.3, 0.4) is 0 Å². The summed E-state index contributed by atoms with van der Waals surface area (Å²) in [6.07, 6.45) is 0. The predicted molar refractivity (Wildman–Crippen MR) is 43.1 cm³/mol. The minimum absolute atomic E-state index is 0.202. The van der Waals surface area contributed by atoms with Crippen LogP contribution < -0.4 is 0 Å². The lowest BCUT2D eigenvalue weighted by Crippen LogP contribution is -1.67. The van der Waals surface area contributed by atoms with Crippen LogP contribution in [0.25, 0.3) is 0 Å². The molecule has 1 N–H and O–H groups in total. The van der Waals surface area contributed by atoms with Gasteiger partial charge in [-0.05, 0) is 18.2 Å². The first kappa shape index (κ1) is 6.96. The van der Waals surface area contributed by atoms with Crippen molar-refractivity contribution in [3.8, 4) is 5.75 Å². The Balaban J connectivity index is 3.17. The molecule has 48 valence electrons. The van der Waals surface area contributed by atoms with E-state index in [4.69, 9.17) is 5.11 Å². The van der Waals surface area contributed by atoms with Gasteiger partial charge in [-0.1, -0.05) is 15.9 Å². The van der Waals surface area contributed by atoms with Crippen molar-refractivity contribution < 1.29 is 5.11 Å². The number of phenolic OH excluding ortho intramolecular Hbond substituents is 1. The van der Waals surface area contributed by atoms with Crippen molar-refractivity contribution in [2.75, 3.05) is 0 Å². The van der Waals surface area contributed by atoms with Gasteiger partial charge in [0.15, 0.2) is 0 Å². The second-order valence-electron chi connectivity index (χ2n) is 1.63. The zero-order valence-corrected chi connectivity index (χ0v) is 6.98. The van der Waals surface area contributed by atoms with Gasteiger partial charge in [0.1, 0.15) is 5.75 Å². The van der Waals surface area contributed by atoms with Gasteiger partial charge >= 0.3 is 0 Å². The summed E-state index contributed by atoms with van der Waals surface area (Å²) >= 11 is 7.18. The van der Waals surface area contributed by atoms with E-state index < -0.39 is 0 Å². The number of halogens is 1. The molecule has 0 spiro atoms. The maximum Gasteiger partial charge on any atom is 0.129 e. The monoisotopic (exact) mass is 204 g/mol. The minimum Gasteiger partial charge on any atom is -0.507 e. The van der Waals surface area contributed by atoms with E-state index in [2.05, 4.69) is 28.6 Å². The Labute approximate surface area is 67.2 Å². The topological polar surface area (TPSA) is 20.2 Å². The molecule has 0 bridgehead atoms. The molecule has 0 saturated heterocycles. The Kier molecular flexibility index (Phi) is 2.03. The smallest absolute Gasteiger partial charge is 0.129 e. The van der Waals surface area contributed by atoms with Crippen LogP contribution in [0.5, 0.6) is 5.75 Å². The second-order valence-corrected chi connectivity index (χ2v) is 3.03. The van der Waals surface area contributed by atoms with Crippen molar-refractivity contribution in [3.05, 3.63) is 22.7 Å². The molecule has 0 aliphatic carbocycles. The van der Waals surface area contributed by atoms with Crippen LogP contribution >= 0.6 is 28.6 Å². The highest BCUT2D eigenvalue weighted by molar-refractivity contribution is 9.10. The van der Waals surface area contributed by atoms with Crippen molar-refractivity contribution in [1.82, 2.24) is 0 Å². The molecule has 9 heavy (non-hydrogen) atoms. The lowest BCUT2D eigenvalue weighted by atomic mass is 10.3. The highest BCUT2D eigenvalue weighted by Crippen LogP contribution is 2.24. The number of hydrogen-bond donors (Lipinski definition) is 2. The van der Waals surface area contributed by atoms with Gasteiger partial charge in [-0.15, -0.1) is 12.6 Å². The van der Waals surface area contributed by atoms with Gasteiger partial charge in [0.2, 0.25) is 0 Å². The van der Waals surface area contributed by atoms with Gasteiger partial charge in [0, 0.05) is 9.37 Å². The van der Waals surface area contributed by atoms with Crippen LogP contribution in [0.15, 0.2) is 27.6 Å². The molecule has 0 unspecified atom stereocenters. The average molecular weight is 205 g/mol. The molecule has 3 heteroatoms. The van der Waals surface area contributed by atoms with E-state index >= 15 is 0 Å². The zero-order valence-electron chi connectivity index (χ0n) is 4.50. The van der Waals surface area contributed by atoms with Crippen LogP contribution in [0.1, 0.15) is 0 Å². The van der Waals surface area contributed by atoms with Gasteiger partial charge in [-0.3, -0.25) is 0 Å². The van der Waals surface area contributed by atoms with Crippen LogP contribution in [0.2, 0.25) is 0 Å². The highest BCUT2D eigenvalue weighted by Gasteiger charge is 1.93. The molecule has 0 radical (unpaired) electrons. The summed E-state index contributed by atoms with van der Waals surface area (Å²) in [7, 11) is 0. The Morgan fingerprint density at radius 1 is 1.44 bits per heavy atom. The third-order valence-electron chi connectivity index (χ3n) is 0.937. The standard InChI is InChI=1S/C6H5BrOS/c7-4-1-2-6(9)5(8)3-4/h1-3,8-9H. The first-order valence-corrected chi connectivity index (χ1v) is 3.61. The fourth-order valence-corrected chi connectivity index (χ4v) is 0.985. The molecule has 0 atom stereocenters. The maximum absolute atomic E-state index is 8.99. The quantitative estimate of drug-likeness (QED) is 0.623. The van der Waals surface area contributed by atoms with Gasteiger partial charge in [-0.2, -0.15) is 0 Å². The van der Waals surface area contributed by atoms with Gasteiger partial charge < -0.3 is 5.11 Å². The van der Waals surface area contributed by atoms with E-state index in [1.807, 2.05) is 6.07 Å². The van der Waals surface area contributed by atoms with Crippen LogP contribution in [0, 0.1) is 0 Å². The molecule has 1 aromatic carbocycles. The number of aromatic hydroxyl groups is 1. The molecule has 0 aliphatic heterocycles. The third-order valence-corrected chi connectivity index (χ3v) is 1.81. The van der Waals surface area contributed by atoms with E-state index in [0.717, 1.165) is 4.47 Å². The lowest BCUT2D eigenvalue weighted by Gasteiger charge is -1.95. The predicted octanol–water partition coefficient (Wildman–Crippen LogP) is 2.44. The largest absolute Gasteiger partial charge is 0.507 e. The molecule has 1 aromatic rings. The van der Waals surface area contributed by atoms with Crippen molar-refractivity contribution in [1.29, 1.82) is 0 Å². The molecule has 1 rings (SSSR count). The third kappa shape index (κ3) is 1.63.